The van der Waals surface area contributed by atoms with Crippen molar-refractivity contribution in [1.29, 1.82) is 0 Å². The van der Waals surface area contributed by atoms with Gasteiger partial charge in [-0.1, -0.05) is 230 Å². The first kappa shape index (κ1) is 64.9. The summed E-state index contributed by atoms with van der Waals surface area (Å²) in [7, 11) is 0. The number of amides is 1. The maximum Gasteiger partial charge on any atom is 0.305 e. The number of allylic oxidation sites excluding steroid dienone is 5. The largest absolute Gasteiger partial charge is 0.466 e. The molecule has 0 spiro atoms. The summed E-state index contributed by atoms with van der Waals surface area (Å²) in [6.07, 6.45) is 48.0. The fourth-order valence-electron chi connectivity index (χ4n) is 8.86. The number of carbonyl (C=O) groups is 2. The first-order valence-corrected chi connectivity index (χ1v) is 28.8. The van der Waals surface area contributed by atoms with Gasteiger partial charge in [-0.25, -0.2) is 0 Å². The molecule has 0 aromatic rings. The van der Waals surface area contributed by atoms with Crippen molar-refractivity contribution in [3.63, 3.8) is 0 Å². The highest BCUT2D eigenvalue weighted by atomic mass is 16.7. The highest BCUT2D eigenvalue weighted by Crippen LogP contribution is 2.23. The lowest BCUT2D eigenvalue weighted by molar-refractivity contribution is -0.302. The first-order chi connectivity index (χ1) is 33.7. The van der Waals surface area contributed by atoms with Crippen LogP contribution in [0, 0.1) is 0 Å². The van der Waals surface area contributed by atoms with E-state index in [0.717, 1.165) is 83.5 Å². The predicted molar refractivity (Wildman–Crippen MR) is 283 cm³/mol. The first-order valence-electron chi connectivity index (χ1n) is 28.8. The molecule has 7 atom stereocenters. The van der Waals surface area contributed by atoms with Gasteiger partial charge in [0.25, 0.3) is 0 Å². The van der Waals surface area contributed by atoms with Crippen LogP contribution in [0.5, 0.6) is 0 Å². The summed E-state index contributed by atoms with van der Waals surface area (Å²) in [5, 5.41) is 54.3. The minimum absolute atomic E-state index is 0.0102. The zero-order valence-corrected chi connectivity index (χ0v) is 44.3. The van der Waals surface area contributed by atoms with Gasteiger partial charge in [0.1, 0.15) is 24.4 Å². The average Bonchev–Trinajstić information content (AvgIpc) is 3.34. The van der Waals surface area contributed by atoms with E-state index in [0.29, 0.717) is 19.4 Å². The van der Waals surface area contributed by atoms with Crippen LogP contribution in [0.15, 0.2) is 36.5 Å². The predicted octanol–water partition coefficient (Wildman–Crippen LogP) is 12.7. The number of carbonyl (C=O) groups excluding carboxylic acids is 2. The zero-order chi connectivity index (χ0) is 50.3. The van der Waals surface area contributed by atoms with Gasteiger partial charge in [0, 0.05) is 12.8 Å². The summed E-state index contributed by atoms with van der Waals surface area (Å²) in [5.74, 6) is -0.212. The molecule has 11 heteroatoms. The van der Waals surface area contributed by atoms with E-state index < -0.39 is 49.5 Å². The van der Waals surface area contributed by atoms with Crippen LogP contribution in [0.1, 0.15) is 258 Å². The zero-order valence-electron chi connectivity index (χ0n) is 44.3. The Morgan fingerprint density at radius 2 is 0.942 bits per heavy atom. The molecule has 1 aliphatic rings. The molecule has 6 N–H and O–H groups in total. The topological polar surface area (TPSA) is 175 Å². The van der Waals surface area contributed by atoms with E-state index in [9.17, 15) is 35.1 Å². The number of hydrogen-bond acceptors (Lipinski definition) is 10. The Labute approximate surface area is 422 Å². The van der Waals surface area contributed by atoms with Crippen molar-refractivity contribution in [3.05, 3.63) is 36.5 Å². The summed E-state index contributed by atoms with van der Waals surface area (Å²) in [6.45, 7) is 4.26. The lowest BCUT2D eigenvalue weighted by Crippen LogP contribution is -2.60. The number of rotatable bonds is 49. The van der Waals surface area contributed by atoms with Crippen molar-refractivity contribution in [2.75, 3.05) is 19.8 Å². The molecule has 1 rings (SSSR count). The number of aliphatic hydroxyl groups is 5. The third kappa shape index (κ3) is 38.2. The third-order valence-corrected chi connectivity index (χ3v) is 13.5. The van der Waals surface area contributed by atoms with Crippen LogP contribution < -0.4 is 5.32 Å². The molecule has 11 nitrogen and oxygen atoms in total. The Morgan fingerprint density at radius 3 is 1.42 bits per heavy atom. The molecule has 1 saturated heterocycles. The fourth-order valence-corrected chi connectivity index (χ4v) is 8.86. The molecule has 1 heterocycles. The van der Waals surface area contributed by atoms with E-state index >= 15 is 0 Å². The van der Waals surface area contributed by atoms with Gasteiger partial charge in [0.2, 0.25) is 5.91 Å². The smallest absolute Gasteiger partial charge is 0.305 e. The summed E-state index contributed by atoms with van der Waals surface area (Å²) >= 11 is 0. The maximum absolute atomic E-state index is 13.0. The summed E-state index contributed by atoms with van der Waals surface area (Å²) in [6, 6.07) is -0.837. The minimum atomic E-state index is -1.58. The fraction of sp³-hybridized carbons (Fsp3) is 0.862. The summed E-state index contributed by atoms with van der Waals surface area (Å²) < 4.78 is 16.7. The molecule has 404 valence electrons. The van der Waals surface area contributed by atoms with Crippen molar-refractivity contribution in [1.82, 2.24) is 5.32 Å². The maximum atomic E-state index is 13.0. The van der Waals surface area contributed by atoms with E-state index in [1.54, 1.807) is 6.08 Å². The molecule has 1 fully saturated rings. The van der Waals surface area contributed by atoms with Gasteiger partial charge in [-0.2, -0.15) is 0 Å². The van der Waals surface area contributed by atoms with Gasteiger partial charge >= 0.3 is 5.97 Å². The lowest BCUT2D eigenvalue weighted by atomic mass is 9.99. The Balaban J connectivity index is 2.10. The normalized spacial score (nSPS) is 19.6. The van der Waals surface area contributed by atoms with Gasteiger partial charge < -0.3 is 45.1 Å². The molecule has 69 heavy (non-hydrogen) atoms. The molecule has 0 aromatic heterocycles. The molecular formula is C58H107NO10. The Kier molecular flexibility index (Phi) is 45.3. The third-order valence-electron chi connectivity index (χ3n) is 13.5. The molecule has 0 saturated carbocycles. The van der Waals surface area contributed by atoms with E-state index in [4.69, 9.17) is 14.2 Å². The monoisotopic (exact) mass is 978 g/mol. The van der Waals surface area contributed by atoms with Crippen molar-refractivity contribution >= 4 is 11.9 Å². The van der Waals surface area contributed by atoms with Crippen LogP contribution in [0.2, 0.25) is 0 Å². The van der Waals surface area contributed by atoms with Crippen molar-refractivity contribution in [3.8, 4) is 0 Å². The van der Waals surface area contributed by atoms with E-state index in [1.165, 1.54) is 148 Å². The Bertz CT molecular complexity index is 1240. The minimum Gasteiger partial charge on any atom is -0.466 e. The van der Waals surface area contributed by atoms with Crippen LogP contribution in [-0.4, -0.2) is 100 Å². The molecule has 7 unspecified atom stereocenters. The quantitative estimate of drug-likeness (QED) is 0.0196. The molecular weight excluding hydrogens is 871 g/mol. The van der Waals surface area contributed by atoms with Crippen LogP contribution in [0.4, 0.5) is 0 Å². The second-order valence-corrected chi connectivity index (χ2v) is 20.0. The van der Waals surface area contributed by atoms with Crippen molar-refractivity contribution in [2.45, 2.75) is 301 Å². The number of nitrogens with one attached hydrogen (secondary N) is 1. The Hall–Kier alpha value is -2.12. The number of aliphatic hydroxyl groups excluding tert-OH is 5. The number of unbranched alkanes of at least 4 members (excludes halogenated alkanes) is 31. The molecule has 1 aliphatic heterocycles. The van der Waals surface area contributed by atoms with Gasteiger partial charge in [0.05, 0.1) is 32.0 Å². The van der Waals surface area contributed by atoms with Crippen molar-refractivity contribution < 1.29 is 49.3 Å². The van der Waals surface area contributed by atoms with Crippen LogP contribution >= 0.6 is 0 Å². The molecule has 0 bridgehead atoms. The second kappa shape index (κ2) is 48.2. The molecule has 0 aromatic carbocycles. The standard InChI is InChI=1S/C58H107NO10/c1-3-5-7-9-11-13-15-25-28-32-36-40-44-51(61)50(49-68-58-57(66)56(65)55(64)52(48-60)69-58)59-53(62)45-41-37-33-29-26-22-20-18-16-17-19-21-23-27-31-35-39-43-47-67-54(63)46-42-38-34-30-24-14-12-10-8-6-4-2/h9,11,25,28,40,44,50-52,55-58,60-61,64-66H,3-8,10,12-24,26-27,29-39,41-43,45-49H2,1-2H3,(H,59,62)/b11-9+,28-25+,44-40+. The van der Waals surface area contributed by atoms with Crippen LogP contribution in [0.3, 0.4) is 0 Å². The van der Waals surface area contributed by atoms with E-state index in [1.807, 2.05) is 6.08 Å². The van der Waals surface area contributed by atoms with Crippen LogP contribution in [0.25, 0.3) is 0 Å². The molecule has 0 aliphatic carbocycles. The molecule has 1 amide bonds. The highest BCUT2D eigenvalue weighted by molar-refractivity contribution is 5.76. The summed E-state index contributed by atoms with van der Waals surface area (Å²) in [5.41, 5.74) is 0. The van der Waals surface area contributed by atoms with Crippen molar-refractivity contribution in [2.24, 2.45) is 0 Å². The van der Waals surface area contributed by atoms with E-state index in [2.05, 4.69) is 43.5 Å². The molecule has 0 radical (unpaired) electrons. The van der Waals surface area contributed by atoms with E-state index in [-0.39, 0.29) is 18.5 Å². The van der Waals surface area contributed by atoms with Gasteiger partial charge in [-0.3, -0.25) is 9.59 Å². The lowest BCUT2D eigenvalue weighted by Gasteiger charge is -2.40. The van der Waals surface area contributed by atoms with Gasteiger partial charge in [0.15, 0.2) is 6.29 Å². The highest BCUT2D eigenvalue weighted by Gasteiger charge is 2.44. The number of hydrogen-bond donors (Lipinski definition) is 6. The second-order valence-electron chi connectivity index (χ2n) is 20.0. The van der Waals surface area contributed by atoms with Crippen LogP contribution in [-0.2, 0) is 23.8 Å². The van der Waals surface area contributed by atoms with Gasteiger partial charge in [-0.05, 0) is 51.4 Å². The Morgan fingerprint density at radius 1 is 0.522 bits per heavy atom. The van der Waals surface area contributed by atoms with Gasteiger partial charge in [-0.15, -0.1) is 0 Å². The average molecular weight is 978 g/mol. The number of esters is 1. The summed E-state index contributed by atoms with van der Waals surface area (Å²) in [4.78, 5) is 25.0. The number of ether oxygens (including phenoxy) is 3. The SMILES string of the molecule is CCCC/C=C/CC/C=C/CC/C=C/C(O)C(COC1OC(CO)C(O)C(O)C1O)NC(=O)CCCCCCCCCCCCCCCCCCCCOC(=O)CCCCCCCCCCCCC.